The zero-order valence-corrected chi connectivity index (χ0v) is 11.2. The number of nitrogens with zero attached hydrogens (tertiary/aromatic N) is 2. The van der Waals surface area contributed by atoms with Crippen LogP contribution in [0.5, 0.6) is 0 Å². The highest BCUT2D eigenvalue weighted by molar-refractivity contribution is 6.30. The van der Waals surface area contributed by atoms with Gasteiger partial charge in [0.15, 0.2) is 0 Å². The summed E-state index contributed by atoms with van der Waals surface area (Å²) in [5, 5.41) is 16.7. The molecule has 0 amide bonds. The van der Waals surface area contributed by atoms with E-state index in [9.17, 15) is 9.50 Å². The zero-order valence-electron chi connectivity index (χ0n) is 10.5. The maximum Gasteiger partial charge on any atom is 0.142 e. The second kappa shape index (κ2) is 6.14. The summed E-state index contributed by atoms with van der Waals surface area (Å²) in [5.41, 5.74) is 1.66. The molecule has 6 heteroatoms. The quantitative estimate of drug-likeness (QED) is 0.883. The highest BCUT2D eigenvalue weighted by Gasteiger charge is 2.12. The Hall–Kier alpha value is -1.43. The van der Waals surface area contributed by atoms with Gasteiger partial charge in [-0.05, 0) is 17.7 Å². The molecule has 0 bridgehead atoms. The minimum atomic E-state index is -0.485. The van der Waals surface area contributed by atoms with Crippen LogP contribution in [0, 0.1) is 5.82 Å². The Labute approximate surface area is 115 Å². The lowest BCUT2D eigenvalue weighted by atomic mass is 10.1. The van der Waals surface area contributed by atoms with Crippen molar-refractivity contribution in [1.82, 2.24) is 15.1 Å². The van der Waals surface area contributed by atoms with Crippen molar-refractivity contribution < 1.29 is 9.50 Å². The molecule has 1 unspecified atom stereocenters. The second-order valence-corrected chi connectivity index (χ2v) is 4.72. The molecule has 19 heavy (non-hydrogen) atoms. The van der Waals surface area contributed by atoms with Crippen LogP contribution in [-0.2, 0) is 13.6 Å². The third-order valence-corrected chi connectivity index (χ3v) is 3.15. The van der Waals surface area contributed by atoms with E-state index in [4.69, 9.17) is 11.6 Å². The first-order valence-corrected chi connectivity index (χ1v) is 6.24. The Morgan fingerprint density at radius 1 is 1.53 bits per heavy atom. The third-order valence-electron chi connectivity index (χ3n) is 2.84. The Morgan fingerprint density at radius 2 is 2.32 bits per heavy atom. The number of benzene rings is 1. The number of aryl methyl sites for hydroxylation is 1. The molecule has 102 valence electrons. The van der Waals surface area contributed by atoms with E-state index in [1.165, 1.54) is 12.1 Å². The van der Waals surface area contributed by atoms with Crippen molar-refractivity contribution in [1.29, 1.82) is 0 Å². The largest absolute Gasteiger partial charge is 0.394 e. The topological polar surface area (TPSA) is 50.1 Å². The van der Waals surface area contributed by atoms with Gasteiger partial charge in [0.2, 0.25) is 0 Å². The fraction of sp³-hybridized carbons (Fsp3) is 0.308. The van der Waals surface area contributed by atoms with Gasteiger partial charge in [0.25, 0.3) is 0 Å². The highest BCUT2D eigenvalue weighted by atomic mass is 35.5. The van der Waals surface area contributed by atoms with Crippen LogP contribution in [0.1, 0.15) is 17.2 Å². The predicted molar refractivity (Wildman–Crippen MR) is 71.3 cm³/mol. The average molecular weight is 284 g/mol. The first-order chi connectivity index (χ1) is 9.10. The lowest BCUT2D eigenvalue weighted by Gasteiger charge is -2.16. The molecule has 0 aliphatic rings. The summed E-state index contributed by atoms with van der Waals surface area (Å²) in [7, 11) is 1.83. The first-order valence-electron chi connectivity index (χ1n) is 5.87. The molecule has 0 radical (unpaired) electrons. The molecule has 0 spiro atoms. The van der Waals surface area contributed by atoms with E-state index >= 15 is 0 Å². The standard InChI is InChI=1S/C13H15ClFN3O/c1-18-7-9(6-17-18)5-16-13(8-19)10-2-3-11(14)12(15)4-10/h2-4,6-7,13,16,19H,5,8H2,1H3. The summed E-state index contributed by atoms with van der Waals surface area (Å²) >= 11 is 5.64. The molecule has 4 nitrogen and oxygen atoms in total. The van der Waals surface area contributed by atoms with Crippen LogP contribution in [0.15, 0.2) is 30.6 Å². The molecule has 0 fully saturated rings. The van der Waals surface area contributed by atoms with Crippen LogP contribution >= 0.6 is 11.6 Å². The summed E-state index contributed by atoms with van der Waals surface area (Å²) in [6, 6.07) is 4.18. The van der Waals surface area contributed by atoms with Crippen LogP contribution < -0.4 is 5.32 Å². The van der Waals surface area contributed by atoms with E-state index in [0.29, 0.717) is 12.1 Å². The summed E-state index contributed by atoms with van der Waals surface area (Å²) < 4.78 is 15.1. The molecule has 0 saturated carbocycles. The number of rotatable bonds is 5. The Balaban J connectivity index is 2.05. The molecule has 1 aromatic heterocycles. The van der Waals surface area contributed by atoms with Gasteiger partial charge in [0, 0.05) is 25.4 Å². The molecule has 2 rings (SSSR count). The molecule has 0 aliphatic carbocycles. The van der Waals surface area contributed by atoms with E-state index < -0.39 is 5.82 Å². The second-order valence-electron chi connectivity index (χ2n) is 4.31. The van der Waals surface area contributed by atoms with Crippen LogP contribution in [0.2, 0.25) is 5.02 Å². The SMILES string of the molecule is Cn1cc(CNC(CO)c2ccc(Cl)c(F)c2)cn1. The van der Waals surface area contributed by atoms with Crippen molar-refractivity contribution in [2.75, 3.05) is 6.61 Å². The van der Waals surface area contributed by atoms with Crippen molar-refractivity contribution in [3.8, 4) is 0 Å². The monoisotopic (exact) mass is 283 g/mol. The van der Waals surface area contributed by atoms with E-state index in [-0.39, 0.29) is 17.7 Å². The first kappa shape index (κ1) is 14.0. The summed E-state index contributed by atoms with van der Waals surface area (Å²) in [6.07, 6.45) is 3.62. The number of nitrogens with one attached hydrogen (secondary N) is 1. The lowest BCUT2D eigenvalue weighted by Crippen LogP contribution is -2.24. The zero-order chi connectivity index (χ0) is 13.8. The third kappa shape index (κ3) is 3.53. The number of hydrogen-bond acceptors (Lipinski definition) is 3. The summed E-state index contributed by atoms with van der Waals surface area (Å²) in [6.45, 7) is 0.421. The number of hydrogen-bond donors (Lipinski definition) is 2. The maximum absolute atomic E-state index is 13.4. The van der Waals surface area contributed by atoms with Gasteiger partial charge >= 0.3 is 0 Å². The van der Waals surface area contributed by atoms with Crippen molar-refractivity contribution in [3.05, 3.63) is 52.6 Å². The fourth-order valence-corrected chi connectivity index (χ4v) is 1.94. The van der Waals surface area contributed by atoms with Gasteiger partial charge in [-0.3, -0.25) is 4.68 Å². The minimum absolute atomic E-state index is 0.0766. The molecule has 2 N–H and O–H groups in total. The molecule has 0 aliphatic heterocycles. The number of halogens is 2. The van der Waals surface area contributed by atoms with Gasteiger partial charge in [-0.15, -0.1) is 0 Å². The van der Waals surface area contributed by atoms with Crippen molar-refractivity contribution in [2.45, 2.75) is 12.6 Å². The molecular formula is C13H15ClFN3O. The van der Waals surface area contributed by atoms with Crippen molar-refractivity contribution >= 4 is 11.6 Å². The Bertz CT molecular complexity index is 559. The minimum Gasteiger partial charge on any atom is -0.394 e. The molecule has 1 aromatic carbocycles. The van der Waals surface area contributed by atoms with Gasteiger partial charge in [0.1, 0.15) is 5.82 Å². The smallest absolute Gasteiger partial charge is 0.142 e. The van der Waals surface area contributed by atoms with Crippen molar-refractivity contribution in [2.24, 2.45) is 7.05 Å². The Kier molecular flexibility index (Phi) is 4.52. The van der Waals surface area contributed by atoms with Gasteiger partial charge in [0.05, 0.1) is 23.9 Å². The van der Waals surface area contributed by atoms with Gasteiger partial charge in [-0.1, -0.05) is 17.7 Å². The number of aliphatic hydroxyl groups excluding tert-OH is 1. The molecule has 1 atom stereocenters. The van der Waals surface area contributed by atoms with Crippen molar-refractivity contribution in [3.63, 3.8) is 0 Å². The average Bonchev–Trinajstić information content (AvgIpc) is 2.80. The van der Waals surface area contributed by atoms with Crippen LogP contribution in [0.3, 0.4) is 0 Å². The van der Waals surface area contributed by atoms with Crippen LogP contribution in [-0.4, -0.2) is 21.5 Å². The number of aromatic nitrogens is 2. The van der Waals surface area contributed by atoms with E-state index in [0.717, 1.165) is 5.56 Å². The Morgan fingerprint density at radius 3 is 2.89 bits per heavy atom. The molecule has 0 saturated heterocycles. The maximum atomic E-state index is 13.4. The normalized spacial score (nSPS) is 12.6. The van der Waals surface area contributed by atoms with E-state index in [1.807, 2.05) is 13.2 Å². The molecule has 1 heterocycles. The molecular weight excluding hydrogens is 269 g/mol. The van der Waals surface area contributed by atoms with Crippen LogP contribution in [0.25, 0.3) is 0 Å². The van der Waals surface area contributed by atoms with Gasteiger partial charge < -0.3 is 10.4 Å². The fourth-order valence-electron chi connectivity index (χ4n) is 1.82. The van der Waals surface area contributed by atoms with E-state index in [1.54, 1.807) is 16.9 Å². The van der Waals surface area contributed by atoms with Crippen LogP contribution in [0.4, 0.5) is 4.39 Å². The molecule has 2 aromatic rings. The highest BCUT2D eigenvalue weighted by Crippen LogP contribution is 2.20. The lowest BCUT2D eigenvalue weighted by molar-refractivity contribution is 0.243. The van der Waals surface area contributed by atoms with Gasteiger partial charge in [-0.25, -0.2) is 4.39 Å². The number of aliphatic hydroxyl groups is 1. The summed E-state index contributed by atoms with van der Waals surface area (Å²) in [4.78, 5) is 0. The van der Waals surface area contributed by atoms with E-state index in [2.05, 4.69) is 10.4 Å². The summed E-state index contributed by atoms with van der Waals surface area (Å²) in [5.74, 6) is -0.485. The predicted octanol–water partition coefficient (Wildman–Crippen LogP) is 2.04. The van der Waals surface area contributed by atoms with Gasteiger partial charge in [-0.2, -0.15) is 5.10 Å².